The van der Waals surface area contributed by atoms with Gasteiger partial charge in [-0.1, -0.05) is 31.9 Å². The van der Waals surface area contributed by atoms with Gasteiger partial charge in [0, 0.05) is 32.5 Å². The highest BCUT2D eigenvalue weighted by Gasteiger charge is 2.32. The van der Waals surface area contributed by atoms with E-state index in [0.717, 1.165) is 45.1 Å². The molecular weight excluding hydrogens is 320 g/mol. The van der Waals surface area contributed by atoms with E-state index in [1.165, 1.54) is 0 Å². The van der Waals surface area contributed by atoms with Gasteiger partial charge in [0.2, 0.25) is 5.78 Å². The molecule has 1 N–H and O–H groups in total. The third-order valence-electron chi connectivity index (χ3n) is 5.05. The lowest BCUT2D eigenvalue weighted by Crippen LogP contribution is -2.14. The number of carbonyl (C=O) groups excluding carboxylic acids is 2. The molecule has 0 aromatic carbocycles. The number of carboxylic acid groups (broad SMARTS) is 1. The summed E-state index contributed by atoms with van der Waals surface area (Å²) in [5.41, 5.74) is 0. The lowest BCUT2D eigenvalue weighted by Gasteiger charge is -2.15. The number of Topliss-reactive ketones (excluding diaryl/α,β-unsaturated/α-hetero) is 2. The summed E-state index contributed by atoms with van der Waals surface area (Å²) in [7, 11) is 1.72. The molecule has 0 bridgehead atoms. The molecule has 0 aromatic heterocycles. The van der Waals surface area contributed by atoms with Crippen LogP contribution >= 0.6 is 0 Å². The molecule has 0 radical (unpaired) electrons. The first-order valence-electron chi connectivity index (χ1n) is 9.40. The van der Waals surface area contributed by atoms with E-state index < -0.39 is 11.8 Å². The van der Waals surface area contributed by atoms with E-state index in [-0.39, 0.29) is 12.3 Å². The smallest absolute Gasteiger partial charge is 0.372 e. The fourth-order valence-electron chi connectivity index (χ4n) is 3.40. The fourth-order valence-corrected chi connectivity index (χ4v) is 3.40. The van der Waals surface area contributed by atoms with Gasteiger partial charge in [0.05, 0.1) is 0 Å². The van der Waals surface area contributed by atoms with Crippen molar-refractivity contribution >= 4 is 17.5 Å². The van der Waals surface area contributed by atoms with Gasteiger partial charge < -0.3 is 9.84 Å². The average molecular weight is 352 g/mol. The summed E-state index contributed by atoms with van der Waals surface area (Å²) in [6.07, 6.45) is 11.3. The highest BCUT2D eigenvalue weighted by molar-refractivity contribution is 6.32. The monoisotopic (exact) mass is 352 g/mol. The van der Waals surface area contributed by atoms with Gasteiger partial charge in [-0.3, -0.25) is 9.59 Å². The van der Waals surface area contributed by atoms with Crippen molar-refractivity contribution in [1.29, 1.82) is 0 Å². The van der Waals surface area contributed by atoms with E-state index in [1.807, 2.05) is 0 Å². The van der Waals surface area contributed by atoms with Crippen LogP contribution in [-0.4, -0.2) is 36.4 Å². The van der Waals surface area contributed by atoms with Crippen molar-refractivity contribution < 1.29 is 24.2 Å². The van der Waals surface area contributed by atoms with Crippen molar-refractivity contribution in [2.24, 2.45) is 17.8 Å². The summed E-state index contributed by atoms with van der Waals surface area (Å²) < 4.78 is 5.09. The second-order valence-electron chi connectivity index (χ2n) is 7.15. The van der Waals surface area contributed by atoms with E-state index >= 15 is 0 Å². The van der Waals surface area contributed by atoms with E-state index in [1.54, 1.807) is 7.11 Å². The standard InChI is InChI=1S/C20H32O5/c1-15(13-14-25-2)7-6-8-16-11-12-18(21)17(16)9-4-3-5-10-19(22)20(23)24/h6,8,15-17H,3-5,7,9-14H2,1-2H3,(H,23,24)/t15?,16-,17+/m0/s1. The maximum atomic E-state index is 12.1. The van der Waals surface area contributed by atoms with Crippen molar-refractivity contribution in [2.45, 2.75) is 64.7 Å². The summed E-state index contributed by atoms with van der Waals surface area (Å²) in [6, 6.07) is 0. The molecule has 5 nitrogen and oxygen atoms in total. The van der Waals surface area contributed by atoms with Gasteiger partial charge in [0.15, 0.2) is 0 Å². The Kier molecular flexibility index (Phi) is 10.3. The summed E-state index contributed by atoms with van der Waals surface area (Å²) in [5.74, 6) is -0.707. The number of ether oxygens (including phenoxy) is 1. The third kappa shape index (κ3) is 8.43. The van der Waals surface area contributed by atoms with Crippen molar-refractivity contribution in [3.8, 4) is 0 Å². The van der Waals surface area contributed by atoms with Gasteiger partial charge >= 0.3 is 5.97 Å². The van der Waals surface area contributed by atoms with Gasteiger partial charge in [0.1, 0.15) is 5.78 Å². The first kappa shape index (κ1) is 21.6. The van der Waals surface area contributed by atoms with Gasteiger partial charge in [-0.25, -0.2) is 4.79 Å². The Morgan fingerprint density at radius 3 is 2.76 bits per heavy atom. The lowest BCUT2D eigenvalue weighted by atomic mass is 9.89. The number of aliphatic carboxylic acids is 1. The minimum Gasteiger partial charge on any atom is -0.476 e. The van der Waals surface area contributed by atoms with E-state index in [9.17, 15) is 14.4 Å². The summed E-state index contributed by atoms with van der Waals surface area (Å²) >= 11 is 0. The lowest BCUT2D eigenvalue weighted by molar-refractivity contribution is -0.149. The minimum absolute atomic E-state index is 0.0939. The molecule has 5 heteroatoms. The highest BCUT2D eigenvalue weighted by atomic mass is 16.5. The average Bonchev–Trinajstić information content (AvgIpc) is 2.92. The van der Waals surface area contributed by atoms with Crippen LogP contribution in [0.3, 0.4) is 0 Å². The largest absolute Gasteiger partial charge is 0.476 e. The molecule has 0 heterocycles. The normalized spacial score (nSPS) is 21.8. The number of rotatable bonds is 13. The van der Waals surface area contributed by atoms with Crippen LogP contribution < -0.4 is 0 Å². The topological polar surface area (TPSA) is 80.7 Å². The molecule has 0 amide bonds. The highest BCUT2D eigenvalue weighted by Crippen LogP contribution is 2.34. The Morgan fingerprint density at radius 2 is 2.08 bits per heavy atom. The molecular formula is C20H32O5. The molecule has 1 unspecified atom stereocenters. The predicted molar refractivity (Wildman–Crippen MR) is 96.4 cm³/mol. The fraction of sp³-hybridized carbons (Fsp3) is 0.750. The third-order valence-corrected chi connectivity index (χ3v) is 5.05. The number of carbonyl (C=O) groups is 3. The van der Waals surface area contributed by atoms with Gasteiger partial charge in [-0.05, 0) is 43.9 Å². The van der Waals surface area contributed by atoms with E-state index in [4.69, 9.17) is 9.84 Å². The molecule has 0 aliphatic heterocycles. The Hall–Kier alpha value is -1.49. The minimum atomic E-state index is -1.35. The molecule has 0 aromatic rings. The molecule has 1 saturated carbocycles. The molecule has 0 spiro atoms. The van der Waals surface area contributed by atoms with Gasteiger partial charge in [0.25, 0.3) is 0 Å². The number of hydrogen-bond acceptors (Lipinski definition) is 4. The Labute approximate surface area is 150 Å². The molecule has 0 saturated heterocycles. The molecule has 1 aliphatic rings. The van der Waals surface area contributed by atoms with Crippen LogP contribution in [0.25, 0.3) is 0 Å². The number of unbranched alkanes of at least 4 members (excludes halogenated alkanes) is 2. The van der Waals surface area contributed by atoms with E-state index in [0.29, 0.717) is 30.5 Å². The number of carboxylic acids is 1. The van der Waals surface area contributed by atoms with Crippen LogP contribution in [0.5, 0.6) is 0 Å². The number of hydrogen-bond donors (Lipinski definition) is 1. The second-order valence-corrected chi connectivity index (χ2v) is 7.15. The van der Waals surface area contributed by atoms with Crippen molar-refractivity contribution in [3.05, 3.63) is 12.2 Å². The number of ketones is 2. The van der Waals surface area contributed by atoms with Crippen LogP contribution in [0, 0.1) is 17.8 Å². The summed E-state index contributed by atoms with van der Waals surface area (Å²) in [4.78, 5) is 33.6. The molecule has 142 valence electrons. The zero-order valence-electron chi connectivity index (χ0n) is 15.5. The predicted octanol–water partition coefficient (Wildman–Crippen LogP) is 3.80. The first-order chi connectivity index (χ1) is 12.0. The zero-order chi connectivity index (χ0) is 18.7. The number of methoxy groups -OCH3 is 1. The van der Waals surface area contributed by atoms with Crippen LogP contribution in [0.15, 0.2) is 12.2 Å². The van der Waals surface area contributed by atoms with Crippen LogP contribution in [0.4, 0.5) is 0 Å². The van der Waals surface area contributed by atoms with Gasteiger partial charge in [-0.15, -0.1) is 0 Å². The first-order valence-corrected chi connectivity index (χ1v) is 9.40. The maximum absolute atomic E-state index is 12.1. The zero-order valence-corrected chi connectivity index (χ0v) is 15.5. The molecule has 25 heavy (non-hydrogen) atoms. The molecule has 1 aliphatic carbocycles. The van der Waals surface area contributed by atoms with Crippen LogP contribution in [0.1, 0.15) is 64.7 Å². The Morgan fingerprint density at radius 1 is 1.32 bits per heavy atom. The quantitative estimate of drug-likeness (QED) is 0.310. The molecule has 1 rings (SSSR count). The van der Waals surface area contributed by atoms with Crippen molar-refractivity contribution in [3.63, 3.8) is 0 Å². The molecule has 1 fully saturated rings. The summed E-state index contributed by atoms with van der Waals surface area (Å²) in [6.45, 7) is 2.99. The van der Waals surface area contributed by atoms with Crippen LogP contribution in [-0.2, 0) is 19.1 Å². The van der Waals surface area contributed by atoms with Gasteiger partial charge in [-0.2, -0.15) is 0 Å². The number of allylic oxidation sites excluding steroid dienone is 2. The molecule has 3 atom stereocenters. The Balaban J connectivity index is 2.30. The van der Waals surface area contributed by atoms with Crippen molar-refractivity contribution in [2.75, 3.05) is 13.7 Å². The second kappa shape index (κ2) is 12.0. The van der Waals surface area contributed by atoms with E-state index in [2.05, 4.69) is 19.1 Å². The summed E-state index contributed by atoms with van der Waals surface area (Å²) in [5, 5.41) is 8.54. The van der Waals surface area contributed by atoms with Crippen LogP contribution in [0.2, 0.25) is 0 Å². The van der Waals surface area contributed by atoms with Crippen molar-refractivity contribution in [1.82, 2.24) is 0 Å². The maximum Gasteiger partial charge on any atom is 0.372 e. The SMILES string of the molecule is COCCC(C)CC=C[C@H]1CCC(=O)[C@@H]1CCCCCC(=O)C(=O)O. The Bertz CT molecular complexity index is 469.